The summed E-state index contributed by atoms with van der Waals surface area (Å²) in [6.07, 6.45) is 0. The zero-order chi connectivity index (χ0) is 13.3. The van der Waals surface area contributed by atoms with E-state index in [4.69, 9.17) is 0 Å². The van der Waals surface area contributed by atoms with Gasteiger partial charge in [-0.2, -0.15) is 8.42 Å². The molecule has 0 aliphatic carbocycles. The fourth-order valence-corrected chi connectivity index (χ4v) is 2.20. The number of carbonyl (C=O) groups excluding carboxylic acids is 1. The lowest BCUT2D eigenvalue weighted by molar-refractivity contribution is -0.134. The van der Waals surface area contributed by atoms with Gasteiger partial charge in [0.05, 0.1) is 12.2 Å². The van der Waals surface area contributed by atoms with Crippen LogP contribution in [0.4, 0.5) is 4.39 Å². The van der Waals surface area contributed by atoms with Gasteiger partial charge in [0.2, 0.25) is 0 Å². The molecule has 0 saturated carbocycles. The van der Waals surface area contributed by atoms with Crippen molar-refractivity contribution in [3.8, 4) is 5.75 Å². The number of halogens is 1. The molecule has 0 aromatic heterocycles. The second kappa shape index (κ2) is 4.37. The lowest BCUT2D eigenvalue weighted by Gasteiger charge is -2.15. The van der Waals surface area contributed by atoms with Crippen molar-refractivity contribution in [2.24, 2.45) is 4.40 Å². The molecule has 1 heterocycles. The van der Waals surface area contributed by atoms with E-state index < -0.39 is 27.8 Å². The van der Waals surface area contributed by atoms with Gasteiger partial charge in [0, 0.05) is 6.07 Å². The van der Waals surface area contributed by atoms with Gasteiger partial charge in [0.15, 0.2) is 11.5 Å². The molecule has 0 bridgehead atoms. The van der Waals surface area contributed by atoms with Gasteiger partial charge in [0.1, 0.15) is 5.82 Å². The molecule has 1 aromatic carbocycles. The molecule has 0 saturated heterocycles. The molecule has 0 unspecified atom stereocenters. The highest BCUT2D eigenvalue weighted by molar-refractivity contribution is 7.86. The van der Waals surface area contributed by atoms with E-state index in [1.54, 1.807) is 6.92 Å². The summed E-state index contributed by atoms with van der Waals surface area (Å²) in [5, 5.41) is 0. The van der Waals surface area contributed by atoms with Crippen LogP contribution < -0.4 is 4.18 Å². The van der Waals surface area contributed by atoms with Gasteiger partial charge >= 0.3 is 16.3 Å². The Morgan fingerprint density at radius 2 is 2.22 bits per heavy atom. The largest absolute Gasteiger partial charge is 0.461 e. The van der Waals surface area contributed by atoms with Gasteiger partial charge in [-0.05, 0) is 19.1 Å². The van der Waals surface area contributed by atoms with Crippen LogP contribution in [0.15, 0.2) is 22.6 Å². The lowest BCUT2D eigenvalue weighted by atomic mass is 10.1. The average Bonchev–Trinajstić information content (AvgIpc) is 2.26. The van der Waals surface area contributed by atoms with Crippen LogP contribution in [0.1, 0.15) is 12.5 Å². The van der Waals surface area contributed by atoms with E-state index >= 15 is 0 Å². The topological polar surface area (TPSA) is 82.0 Å². The quantitative estimate of drug-likeness (QED) is 0.745. The number of carbonyl (C=O) groups is 1. The molecule has 0 radical (unpaired) electrons. The first-order valence-electron chi connectivity index (χ1n) is 4.94. The molecule has 0 spiro atoms. The van der Waals surface area contributed by atoms with Crippen molar-refractivity contribution >= 4 is 22.0 Å². The first kappa shape index (κ1) is 12.5. The summed E-state index contributed by atoms with van der Waals surface area (Å²) in [5.74, 6) is -1.88. The first-order valence-corrected chi connectivity index (χ1v) is 6.31. The summed E-state index contributed by atoms with van der Waals surface area (Å²) in [6, 6.07) is 3.13. The zero-order valence-electron chi connectivity index (χ0n) is 9.21. The van der Waals surface area contributed by atoms with Gasteiger partial charge in [-0.15, -0.1) is 4.40 Å². The van der Waals surface area contributed by atoms with Crippen LogP contribution in [-0.4, -0.2) is 26.7 Å². The van der Waals surface area contributed by atoms with Crippen LogP contribution in [0.3, 0.4) is 0 Å². The maximum absolute atomic E-state index is 13.0. The van der Waals surface area contributed by atoms with Crippen molar-refractivity contribution in [3.05, 3.63) is 29.6 Å². The monoisotopic (exact) mass is 273 g/mol. The Balaban J connectivity index is 2.57. The van der Waals surface area contributed by atoms with Crippen molar-refractivity contribution in [1.29, 1.82) is 0 Å². The van der Waals surface area contributed by atoms with Crippen LogP contribution in [0.5, 0.6) is 5.75 Å². The summed E-state index contributed by atoms with van der Waals surface area (Å²) in [5.41, 5.74) is -0.345. The molecule has 0 atom stereocenters. The van der Waals surface area contributed by atoms with Crippen molar-refractivity contribution in [3.63, 3.8) is 0 Å². The van der Waals surface area contributed by atoms with Gasteiger partial charge in [-0.3, -0.25) is 0 Å². The SMILES string of the molecule is CCOC(=O)C1=NS(=O)(=O)Oc2cc(F)ccc21. The predicted octanol–water partition coefficient (Wildman–Crippen LogP) is 0.815. The fraction of sp³-hybridized carbons (Fsp3) is 0.200. The third-order valence-electron chi connectivity index (χ3n) is 2.07. The molecule has 1 aliphatic rings. The van der Waals surface area contributed by atoms with E-state index in [0.29, 0.717) is 0 Å². The molecule has 6 nitrogen and oxygen atoms in total. The Kier molecular flexibility index (Phi) is 3.04. The normalized spacial score (nSPS) is 16.2. The van der Waals surface area contributed by atoms with E-state index in [1.165, 1.54) is 6.07 Å². The summed E-state index contributed by atoms with van der Waals surface area (Å²) in [6.45, 7) is 1.63. The number of ether oxygens (including phenoxy) is 1. The maximum atomic E-state index is 13.0. The summed E-state index contributed by atoms with van der Waals surface area (Å²) in [7, 11) is -4.30. The number of benzene rings is 1. The molecule has 8 heteroatoms. The van der Waals surface area contributed by atoms with Crippen LogP contribution in [0.2, 0.25) is 0 Å². The van der Waals surface area contributed by atoms with E-state index in [-0.39, 0.29) is 17.9 Å². The second-order valence-corrected chi connectivity index (χ2v) is 4.52. The fourth-order valence-electron chi connectivity index (χ4n) is 1.40. The predicted molar refractivity (Wildman–Crippen MR) is 59.1 cm³/mol. The third kappa shape index (κ3) is 2.33. The highest BCUT2D eigenvalue weighted by atomic mass is 32.2. The minimum absolute atomic E-state index is 0.0648. The molecular weight excluding hydrogens is 265 g/mol. The lowest BCUT2D eigenvalue weighted by Crippen LogP contribution is -2.26. The summed E-state index contributed by atoms with van der Waals surface area (Å²) in [4.78, 5) is 11.6. The molecule has 0 amide bonds. The third-order valence-corrected chi connectivity index (χ3v) is 2.86. The van der Waals surface area contributed by atoms with Gasteiger partial charge < -0.3 is 8.92 Å². The van der Waals surface area contributed by atoms with E-state index in [9.17, 15) is 17.6 Å². The van der Waals surface area contributed by atoms with Crippen LogP contribution in [0.25, 0.3) is 0 Å². The molecule has 0 N–H and O–H groups in total. The van der Waals surface area contributed by atoms with Crippen molar-refractivity contribution in [2.45, 2.75) is 6.92 Å². The molecule has 0 fully saturated rings. The number of rotatable bonds is 2. The second-order valence-electron chi connectivity index (χ2n) is 3.31. The molecule has 96 valence electrons. The van der Waals surface area contributed by atoms with Gasteiger partial charge in [0.25, 0.3) is 0 Å². The maximum Gasteiger partial charge on any atom is 0.429 e. The highest BCUT2D eigenvalue weighted by Crippen LogP contribution is 2.27. The number of hydrogen-bond donors (Lipinski definition) is 0. The Morgan fingerprint density at radius 3 is 2.89 bits per heavy atom. The molecule has 1 aromatic rings. The summed E-state index contributed by atoms with van der Waals surface area (Å²) >= 11 is 0. The Hall–Kier alpha value is -1.96. The number of esters is 1. The first-order chi connectivity index (χ1) is 8.43. The summed E-state index contributed by atoms with van der Waals surface area (Å²) < 4.78 is 47.9. The Bertz CT molecular complexity index is 638. The smallest absolute Gasteiger partial charge is 0.429 e. The van der Waals surface area contributed by atoms with Crippen molar-refractivity contribution < 1.29 is 26.5 Å². The van der Waals surface area contributed by atoms with Crippen LogP contribution >= 0.6 is 0 Å². The van der Waals surface area contributed by atoms with Crippen LogP contribution in [-0.2, 0) is 19.8 Å². The Morgan fingerprint density at radius 1 is 1.50 bits per heavy atom. The number of hydrogen-bond acceptors (Lipinski definition) is 5. The molecule has 18 heavy (non-hydrogen) atoms. The minimum atomic E-state index is -4.30. The molecule has 2 rings (SSSR count). The van der Waals surface area contributed by atoms with Crippen molar-refractivity contribution in [2.75, 3.05) is 6.61 Å². The standard InChI is InChI=1S/C10H8FNO5S/c1-2-16-10(13)9-7-4-3-6(11)5-8(7)17-18(14,15)12-9/h3-5H,2H2,1H3. The van der Waals surface area contributed by atoms with E-state index in [2.05, 4.69) is 13.3 Å². The highest BCUT2D eigenvalue weighted by Gasteiger charge is 2.30. The van der Waals surface area contributed by atoms with Gasteiger partial charge in [-0.1, -0.05) is 0 Å². The van der Waals surface area contributed by atoms with E-state index in [1.807, 2.05) is 0 Å². The minimum Gasteiger partial charge on any atom is -0.461 e. The number of nitrogens with zero attached hydrogens (tertiary/aromatic N) is 1. The number of fused-ring (bicyclic) bond motifs is 1. The van der Waals surface area contributed by atoms with E-state index in [0.717, 1.165) is 12.1 Å². The molecule has 1 aliphatic heterocycles. The van der Waals surface area contributed by atoms with Crippen LogP contribution in [0, 0.1) is 5.82 Å². The zero-order valence-corrected chi connectivity index (χ0v) is 10.0. The average molecular weight is 273 g/mol. The van der Waals surface area contributed by atoms with Gasteiger partial charge in [-0.25, -0.2) is 9.18 Å². The van der Waals surface area contributed by atoms with Crippen molar-refractivity contribution in [1.82, 2.24) is 0 Å². The molecular formula is C10H8FNO5S. The Labute approximate surface area is 102 Å².